The van der Waals surface area contributed by atoms with Gasteiger partial charge in [0, 0.05) is 33.2 Å². The number of nitrogens with zero attached hydrogens (tertiary/aromatic N) is 4. The van der Waals surface area contributed by atoms with E-state index in [0.717, 1.165) is 43.7 Å². The zero-order valence-corrected chi connectivity index (χ0v) is 20.7. The summed E-state index contributed by atoms with van der Waals surface area (Å²) in [5, 5.41) is 6.17. The average molecular weight is 529 g/mol. The molecule has 3 aromatic carbocycles. The highest BCUT2D eigenvalue weighted by molar-refractivity contribution is 9.10. The molecule has 0 unspecified atom stereocenters. The van der Waals surface area contributed by atoms with Gasteiger partial charge in [-0.3, -0.25) is 4.79 Å². The van der Waals surface area contributed by atoms with Gasteiger partial charge in [0.25, 0.3) is 5.56 Å². The Bertz CT molecular complexity index is 1720. The predicted molar refractivity (Wildman–Crippen MR) is 140 cm³/mol. The van der Waals surface area contributed by atoms with Crippen LogP contribution in [0.25, 0.3) is 21.8 Å². The minimum absolute atomic E-state index is 0.202. The predicted octanol–water partition coefficient (Wildman–Crippen LogP) is 5.39. The molecule has 0 atom stereocenters. The number of aryl methyl sites for hydroxylation is 1. The van der Waals surface area contributed by atoms with E-state index in [1.807, 2.05) is 36.4 Å². The molecular weight excluding hydrogens is 508 g/mol. The van der Waals surface area contributed by atoms with Crippen molar-refractivity contribution in [3.8, 4) is 11.5 Å². The van der Waals surface area contributed by atoms with Crippen molar-refractivity contribution in [3.05, 3.63) is 98.1 Å². The molecule has 0 bridgehead atoms. The Kier molecular flexibility index (Phi) is 5.18. The molecule has 1 aliphatic heterocycles. The molecule has 0 saturated carbocycles. The first-order valence-corrected chi connectivity index (χ1v) is 12.0. The Morgan fingerprint density at radius 1 is 1.03 bits per heavy atom. The maximum absolute atomic E-state index is 13.2. The smallest absolute Gasteiger partial charge is 0.282 e. The van der Waals surface area contributed by atoms with Crippen LogP contribution in [-0.4, -0.2) is 27.2 Å². The summed E-state index contributed by atoms with van der Waals surface area (Å²) in [5.41, 5.74) is 4.66. The lowest BCUT2D eigenvalue weighted by atomic mass is 10.1. The Balaban J connectivity index is 1.44. The van der Waals surface area contributed by atoms with Gasteiger partial charge in [-0.1, -0.05) is 40.2 Å². The van der Waals surface area contributed by atoms with Crippen LogP contribution >= 0.6 is 15.9 Å². The lowest BCUT2D eigenvalue weighted by Crippen LogP contribution is -2.20. The first-order chi connectivity index (χ1) is 17.0. The number of aromatic nitrogens is 3. The molecule has 7 nitrogen and oxygen atoms in total. The molecule has 0 aliphatic carbocycles. The summed E-state index contributed by atoms with van der Waals surface area (Å²) in [4.78, 5) is 17.7. The van der Waals surface area contributed by atoms with E-state index >= 15 is 0 Å². The second kappa shape index (κ2) is 8.39. The van der Waals surface area contributed by atoms with Crippen LogP contribution in [0, 0.1) is 13.8 Å². The third kappa shape index (κ3) is 3.70. The summed E-state index contributed by atoms with van der Waals surface area (Å²) < 4.78 is 15.4. The van der Waals surface area contributed by atoms with Crippen LogP contribution in [0.5, 0.6) is 11.5 Å². The van der Waals surface area contributed by atoms with Gasteiger partial charge < -0.3 is 14.0 Å². The van der Waals surface area contributed by atoms with E-state index < -0.39 is 0 Å². The maximum Gasteiger partial charge on any atom is 0.282 e. The minimum Gasteiger partial charge on any atom is -0.454 e. The molecule has 3 heterocycles. The number of hydrogen-bond donors (Lipinski definition) is 0. The van der Waals surface area contributed by atoms with Gasteiger partial charge in [0.15, 0.2) is 11.5 Å². The molecular formula is C27H21BrN4O3. The van der Waals surface area contributed by atoms with Crippen molar-refractivity contribution in [2.75, 3.05) is 6.79 Å². The van der Waals surface area contributed by atoms with Gasteiger partial charge in [0.1, 0.15) is 5.82 Å². The molecule has 174 valence electrons. The minimum atomic E-state index is -0.202. The van der Waals surface area contributed by atoms with Gasteiger partial charge in [0.2, 0.25) is 6.79 Å². The van der Waals surface area contributed by atoms with Crippen molar-refractivity contribution < 1.29 is 9.47 Å². The quantitative estimate of drug-likeness (QED) is 0.293. The van der Waals surface area contributed by atoms with Gasteiger partial charge >= 0.3 is 0 Å². The number of para-hydroxylation sites is 1. The Morgan fingerprint density at radius 3 is 2.74 bits per heavy atom. The van der Waals surface area contributed by atoms with Gasteiger partial charge in [-0.25, -0.2) is 4.98 Å². The van der Waals surface area contributed by atoms with Crippen molar-refractivity contribution in [1.29, 1.82) is 0 Å². The topological polar surface area (TPSA) is 70.6 Å². The lowest BCUT2D eigenvalue weighted by molar-refractivity contribution is 0.174. The fourth-order valence-corrected chi connectivity index (χ4v) is 4.92. The van der Waals surface area contributed by atoms with E-state index in [1.54, 1.807) is 19.2 Å². The van der Waals surface area contributed by atoms with E-state index in [4.69, 9.17) is 9.47 Å². The van der Waals surface area contributed by atoms with Crippen LogP contribution < -0.4 is 15.0 Å². The molecule has 0 saturated heterocycles. The van der Waals surface area contributed by atoms with Crippen LogP contribution in [0.1, 0.15) is 22.6 Å². The van der Waals surface area contributed by atoms with E-state index in [9.17, 15) is 4.79 Å². The molecule has 8 heteroatoms. The molecule has 0 fully saturated rings. The summed E-state index contributed by atoms with van der Waals surface area (Å²) >= 11 is 3.44. The highest BCUT2D eigenvalue weighted by Crippen LogP contribution is 2.33. The van der Waals surface area contributed by atoms with Crippen molar-refractivity contribution in [2.24, 2.45) is 5.10 Å². The summed E-state index contributed by atoms with van der Waals surface area (Å²) in [6.07, 6.45) is 1.76. The third-order valence-electron chi connectivity index (χ3n) is 6.33. The second-order valence-electron chi connectivity index (χ2n) is 8.47. The number of rotatable bonds is 4. The lowest BCUT2D eigenvalue weighted by Gasteiger charge is -2.09. The monoisotopic (exact) mass is 528 g/mol. The SMILES string of the molecule is Cc1nc2ccc(Br)cc2c(=O)n1N=Cc1c(C)n(Cc2ccc3c(c2)OCO3)c2ccccc12. The molecule has 0 amide bonds. The Labute approximate surface area is 209 Å². The van der Waals surface area contributed by atoms with E-state index in [1.165, 1.54) is 4.68 Å². The van der Waals surface area contributed by atoms with Crippen molar-refractivity contribution in [3.63, 3.8) is 0 Å². The van der Waals surface area contributed by atoms with Gasteiger partial charge in [-0.2, -0.15) is 9.78 Å². The van der Waals surface area contributed by atoms with Crippen LogP contribution in [0.15, 0.2) is 75.0 Å². The molecule has 6 rings (SSSR count). The molecule has 1 aliphatic rings. The van der Waals surface area contributed by atoms with Gasteiger partial charge in [-0.05, 0) is 55.8 Å². The van der Waals surface area contributed by atoms with E-state index in [0.29, 0.717) is 23.3 Å². The molecule has 5 aromatic rings. The number of ether oxygens (including phenoxy) is 2. The Morgan fingerprint density at radius 2 is 1.86 bits per heavy atom. The third-order valence-corrected chi connectivity index (χ3v) is 6.82. The zero-order chi connectivity index (χ0) is 24.1. The van der Waals surface area contributed by atoms with Crippen molar-refractivity contribution in [2.45, 2.75) is 20.4 Å². The van der Waals surface area contributed by atoms with Crippen LogP contribution in [0.4, 0.5) is 0 Å². The highest BCUT2D eigenvalue weighted by Gasteiger charge is 2.17. The van der Waals surface area contributed by atoms with Crippen molar-refractivity contribution in [1.82, 2.24) is 14.2 Å². The van der Waals surface area contributed by atoms with E-state index in [-0.39, 0.29) is 12.4 Å². The molecule has 0 spiro atoms. The fourth-order valence-electron chi connectivity index (χ4n) is 4.56. The van der Waals surface area contributed by atoms with Gasteiger partial charge in [0.05, 0.1) is 17.1 Å². The highest BCUT2D eigenvalue weighted by atomic mass is 79.9. The molecule has 35 heavy (non-hydrogen) atoms. The molecule has 2 aromatic heterocycles. The number of hydrogen-bond acceptors (Lipinski definition) is 5. The number of halogens is 1. The standard InChI is InChI=1S/C27H21BrN4O3/c1-16-22(13-29-32-17(2)30-23-9-8-19(28)12-21(23)27(32)33)20-5-3-4-6-24(20)31(16)14-18-7-10-25-26(11-18)35-15-34-25/h3-13H,14-15H2,1-2H3. The summed E-state index contributed by atoms with van der Waals surface area (Å²) in [5.74, 6) is 2.07. The molecule has 0 N–H and O–H groups in total. The summed E-state index contributed by atoms with van der Waals surface area (Å²) in [6, 6.07) is 19.7. The maximum atomic E-state index is 13.2. The normalized spacial score (nSPS) is 12.9. The second-order valence-corrected chi connectivity index (χ2v) is 9.39. The first kappa shape index (κ1) is 21.6. The zero-order valence-electron chi connectivity index (χ0n) is 19.2. The summed E-state index contributed by atoms with van der Waals surface area (Å²) in [6.45, 7) is 4.78. The average Bonchev–Trinajstić information content (AvgIpc) is 3.42. The van der Waals surface area contributed by atoms with Crippen LogP contribution in [0.3, 0.4) is 0 Å². The largest absolute Gasteiger partial charge is 0.454 e. The van der Waals surface area contributed by atoms with E-state index in [2.05, 4.69) is 55.7 Å². The van der Waals surface area contributed by atoms with Crippen LogP contribution in [-0.2, 0) is 6.54 Å². The number of fused-ring (bicyclic) bond motifs is 3. The fraction of sp³-hybridized carbons (Fsp3) is 0.148. The Hall–Kier alpha value is -3.91. The summed E-state index contributed by atoms with van der Waals surface area (Å²) in [7, 11) is 0. The molecule has 0 radical (unpaired) electrons. The van der Waals surface area contributed by atoms with Crippen LogP contribution in [0.2, 0.25) is 0 Å². The van der Waals surface area contributed by atoms with Gasteiger partial charge in [-0.15, -0.1) is 0 Å². The first-order valence-electron chi connectivity index (χ1n) is 11.2. The van der Waals surface area contributed by atoms with Crippen molar-refractivity contribution >= 4 is 44.0 Å². The number of benzene rings is 3.